The molecule has 4 aromatic rings. The van der Waals surface area contributed by atoms with Crippen molar-refractivity contribution in [2.24, 2.45) is 4.99 Å². The van der Waals surface area contributed by atoms with Gasteiger partial charge in [0.2, 0.25) is 0 Å². The normalized spacial score (nSPS) is 14.6. The van der Waals surface area contributed by atoms with Crippen molar-refractivity contribution in [2.75, 3.05) is 13.7 Å². The molecule has 11 heteroatoms. The number of methoxy groups -OCH3 is 1. The zero-order valence-corrected chi connectivity index (χ0v) is 23.9. The number of carbonyl (C=O) groups excluding carboxylic acids is 1. The van der Waals surface area contributed by atoms with Crippen molar-refractivity contribution in [1.29, 1.82) is 0 Å². The first-order valence-corrected chi connectivity index (χ1v) is 13.9. The number of hydrogen-bond donors (Lipinski definition) is 0. The summed E-state index contributed by atoms with van der Waals surface area (Å²) in [6, 6.07) is 19.9. The lowest BCUT2D eigenvalue weighted by molar-refractivity contribution is -0.384. The van der Waals surface area contributed by atoms with Crippen molar-refractivity contribution in [3.63, 3.8) is 0 Å². The number of nitro benzene ring substituents is 1. The minimum Gasteiger partial charge on any atom is -0.497 e. The van der Waals surface area contributed by atoms with E-state index in [2.05, 4.69) is 4.99 Å². The lowest BCUT2D eigenvalue weighted by atomic mass is 9.96. The Kier molecular flexibility index (Phi) is 8.30. The lowest BCUT2D eigenvalue weighted by Crippen LogP contribution is -2.39. The number of hydrogen-bond acceptors (Lipinski definition) is 9. The van der Waals surface area contributed by atoms with Gasteiger partial charge in [-0.05, 0) is 61.4 Å². The van der Waals surface area contributed by atoms with Gasteiger partial charge in [0, 0.05) is 17.7 Å². The number of carbonyl (C=O) groups is 1. The third kappa shape index (κ3) is 5.72. The topological polar surface area (TPSA) is 122 Å². The molecule has 0 fully saturated rings. The Bertz CT molecular complexity index is 1860. The van der Waals surface area contributed by atoms with Gasteiger partial charge in [-0.3, -0.25) is 19.5 Å². The average Bonchev–Trinajstić information content (AvgIpc) is 3.30. The van der Waals surface area contributed by atoms with Gasteiger partial charge in [0.05, 0.1) is 40.5 Å². The van der Waals surface area contributed by atoms with Crippen molar-refractivity contribution in [3.05, 3.63) is 131 Å². The molecule has 0 aliphatic carbocycles. The summed E-state index contributed by atoms with van der Waals surface area (Å²) in [6.07, 6.45) is 1.74. The van der Waals surface area contributed by atoms with Crippen molar-refractivity contribution >= 4 is 29.1 Å². The summed E-state index contributed by atoms with van der Waals surface area (Å²) in [5.74, 6) is 0.658. The number of nitrogens with zero attached hydrogens (tertiary/aromatic N) is 3. The second kappa shape index (κ2) is 12.2. The fraction of sp³-hybridized carbons (Fsp3) is 0.194. The van der Waals surface area contributed by atoms with Gasteiger partial charge in [-0.2, -0.15) is 0 Å². The highest BCUT2D eigenvalue weighted by atomic mass is 32.1. The lowest BCUT2D eigenvalue weighted by Gasteiger charge is -2.24. The van der Waals surface area contributed by atoms with E-state index < -0.39 is 16.9 Å². The molecule has 10 nitrogen and oxygen atoms in total. The Morgan fingerprint density at radius 2 is 1.81 bits per heavy atom. The first-order valence-electron chi connectivity index (χ1n) is 13.1. The van der Waals surface area contributed by atoms with Crippen LogP contribution in [-0.4, -0.2) is 29.2 Å². The predicted molar refractivity (Wildman–Crippen MR) is 157 cm³/mol. The zero-order chi connectivity index (χ0) is 29.8. The standard InChI is InChI=1S/C31H27N3O7S/c1-4-40-30(36)27-19(2)32-31-33(28(27)21-11-15-24(39-3)16-12-21)29(35)26(42-31)17-22-7-5-6-8-25(22)41-18-20-9-13-23(14-10-20)34(37)38/h5-17,28H,4,18H2,1-3H3/b26-17-/t28-/m0/s1. The Morgan fingerprint density at radius 3 is 2.48 bits per heavy atom. The predicted octanol–water partition coefficient (Wildman–Crippen LogP) is 4.29. The van der Waals surface area contributed by atoms with Crippen LogP contribution in [0.1, 0.15) is 36.6 Å². The SMILES string of the molecule is CCOC(=O)C1=C(C)N=c2s/c(=C\c3ccccc3OCc3ccc([N+](=O)[O-])cc3)c(=O)n2[C@H]1c1ccc(OC)cc1. The van der Waals surface area contributed by atoms with Crippen molar-refractivity contribution in [2.45, 2.75) is 26.5 Å². The highest BCUT2D eigenvalue weighted by Gasteiger charge is 2.33. The molecule has 1 atom stereocenters. The molecular weight excluding hydrogens is 558 g/mol. The van der Waals surface area contributed by atoms with E-state index >= 15 is 0 Å². The summed E-state index contributed by atoms with van der Waals surface area (Å²) in [4.78, 5) is 42.6. The van der Waals surface area contributed by atoms with E-state index in [1.54, 1.807) is 57.4 Å². The molecule has 0 amide bonds. The summed E-state index contributed by atoms with van der Waals surface area (Å²) >= 11 is 1.22. The van der Waals surface area contributed by atoms with Crippen molar-refractivity contribution < 1.29 is 23.9 Å². The fourth-order valence-electron chi connectivity index (χ4n) is 4.64. The van der Waals surface area contributed by atoms with Gasteiger partial charge in [-0.25, -0.2) is 9.79 Å². The van der Waals surface area contributed by atoms with Crippen molar-refractivity contribution in [3.8, 4) is 11.5 Å². The van der Waals surface area contributed by atoms with Crippen LogP contribution in [0.15, 0.2) is 93.9 Å². The maximum atomic E-state index is 13.9. The third-order valence-corrected chi connectivity index (χ3v) is 7.68. The number of non-ortho nitro benzene ring substituents is 1. The van der Waals surface area contributed by atoms with Gasteiger partial charge in [-0.1, -0.05) is 41.7 Å². The number of nitro groups is 1. The molecule has 0 N–H and O–H groups in total. The number of benzene rings is 3. The molecule has 42 heavy (non-hydrogen) atoms. The van der Waals surface area contributed by atoms with Crippen LogP contribution in [0.25, 0.3) is 6.08 Å². The van der Waals surface area contributed by atoms with Gasteiger partial charge >= 0.3 is 5.97 Å². The number of esters is 1. The molecule has 0 saturated heterocycles. The Labute approximate surface area is 244 Å². The molecule has 0 unspecified atom stereocenters. The first-order chi connectivity index (χ1) is 20.3. The highest BCUT2D eigenvalue weighted by Crippen LogP contribution is 2.31. The van der Waals surface area contributed by atoms with Crippen LogP contribution >= 0.6 is 11.3 Å². The monoisotopic (exact) mass is 585 g/mol. The van der Waals surface area contributed by atoms with E-state index in [0.717, 1.165) is 5.56 Å². The van der Waals surface area contributed by atoms with Gasteiger partial charge in [0.25, 0.3) is 11.2 Å². The molecule has 1 aliphatic heterocycles. The molecule has 1 aliphatic rings. The van der Waals surface area contributed by atoms with E-state index in [-0.39, 0.29) is 24.5 Å². The number of thiazole rings is 1. The smallest absolute Gasteiger partial charge is 0.338 e. The second-order valence-corrected chi connectivity index (χ2v) is 10.3. The summed E-state index contributed by atoms with van der Waals surface area (Å²) in [7, 11) is 1.57. The molecule has 0 bridgehead atoms. The quantitative estimate of drug-likeness (QED) is 0.163. The molecule has 2 heterocycles. The largest absolute Gasteiger partial charge is 0.497 e. The molecule has 0 spiro atoms. The molecule has 0 saturated carbocycles. The molecular formula is C31H27N3O7S. The Hall–Kier alpha value is -5.03. The summed E-state index contributed by atoms with van der Waals surface area (Å²) < 4.78 is 18.6. The van der Waals surface area contributed by atoms with Gasteiger partial charge in [0.1, 0.15) is 18.1 Å². The molecule has 0 radical (unpaired) electrons. The van der Waals surface area contributed by atoms with Crippen LogP contribution in [0, 0.1) is 10.1 Å². The molecule has 3 aromatic carbocycles. The molecule has 214 valence electrons. The highest BCUT2D eigenvalue weighted by molar-refractivity contribution is 7.07. The zero-order valence-electron chi connectivity index (χ0n) is 23.1. The van der Waals surface area contributed by atoms with E-state index in [9.17, 15) is 19.7 Å². The number of rotatable bonds is 9. The number of fused-ring (bicyclic) bond motifs is 1. The number of ether oxygens (including phenoxy) is 3. The molecule has 1 aromatic heterocycles. The van der Waals surface area contributed by atoms with Crippen LogP contribution in [0.5, 0.6) is 11.5 Å². The minimum atomic E-state index is -0.734. The first kappa shape index (κ1) is 28.5. The minimum absolute atomic E-state index is 0.00354. The van der Waals surface area contributed by atoms with Gasteiger partial charge < -0.3 is 14.2 Å². The van der Waals surface area contributed by atoms with Gasteiger partial charge in [0.15, 0.2) is 4.80 Å². The van der Waals surface area contributed by atoms with Crippen LogP contribution in [-0.2, 0) is 16.1 Å². The number of allylic oxidation sites excluding steroid dienone is 1. The fourth-order valence-corrected chi connectivity index (χ4v) is 5.68. The van der Waals surface area contributed by atoms with E-state index in [1.807, 2.05) is 30.3 Å². The van der Waals surface area contributed by atoms with Crippen LogP contribution < -0.4 is 24.4 Å². The Morgan fingerprint density at radius 1 is 1.10 bits per heavy atom. The van der Waals surface area contributed by atoms with Crippen LogP contribution in [0.3, 0.4) is 0 Å². The number of aromatic nitrogens is 1. The van der Waals surface area contributed by atoms with E-state index in [4.69, 9.17) is 14.2 Å². The third-order valence-electron chi connectivity index (χ3n) is 6.70. The average molecular weight is 586 g/mol. The maximum Gasteiger partial charge on any atom is 0.338 e. The van der Waals surface area contributed by atoms with Crippen LogP contribution in [0.2, 0.25) is 0 Å². The number of para-hydroxylation sites is 1. The Balaban J connectivity index is 1.55. The van der Waals surface area contributed by atoms with Crippen LogP contribution in [0.4, 0.5) is 5.69 Å². The summed E-state index contributed by atoms with van der Waals surface area (Å²) in [6.45, 7) is 3.84. The summed E-state index contributed by atoms with van der Waals surface area (Å²) in [5, 5.41) is 10.9. The maximum absolute atomic E-state index is 13.9. The molecule has 5 rings (SSSR count). The summed E-state index contributed by atoms with van der Waals surface area (Å²) in [5.41, 5.74) is 2.63. The van der Waals surface area contributed by atoms with Crippen molar-refractivity contribution in [1.82, 2.24) is 4.57 Å². The second-order valence-electron chi connectivity index (χ2n) is 9.33. The van der Waals surface area contributed by atoms with E-state index in [1.165, 1.54) is 28.0 Å². The van der Waals surface area contributed by atoms with Gasteiger partial charge in [-0.15, -0.1) is 0 Å². The van der Waals surface area contributed by atoms with E-state index in [0.29, 0.717) is 43.2 Å².